The van der Waals surface area contributed by atoms with Crippen LogP contribution in [0.1, 0.15) is 19.3 Å². The van der Waals surface area contributed by atoms with Crippen molar-refractivity contribution in [3.05, 3.63) is 0 Å². The molecule has 2 unspecified atom stereocenters. The predicted octanol–water partition coefficient (Wildman–Crippen LogP) is 0.364. The van der Waals surface area contributed by atoms with Crippen LogP contribution in [0.25, 0.3) is 0 Å². The molecule has 2 saturated heterocycles. The smallest absolute Gasteiger partial charge is 0.0700 e. The molecular weight excluding hydrogens is 164 g/mol. The Morgan fingerprint density at radius 3 is 3.00 bits per heavy atom. The third kappa shape index (κ3) is 2.93. The molecule has 0 aliphatic carbocycles. The molecule has 2 N–H and O–H groups in total. The van der Waals surface area contributed by atoms with Gasteiger partial charge in [-0.25, -0.2) is 0 Å². The van der Waals surface area contributed by atoms with Crippen LogP contribution < -0.4 is 10.6 Å². The van der Waals surface area contributed by atoms with E-state index in [2.05, 4.69) is 10.6 Å². The Morgan fingerprint density at radius 2 is 2.31 bits per heavy atom. The Labute approximate surface area is 80.2 Å². The Hall–Kier alpha value is -0.120. The van der Waals surface area contributed by atoms with Gasteiger partial charge in [-0.15, -0.1) is 0 Å². The Kier molecular flexibility index (Phi) is 3.58. The zero-order chi connectivity index (χ0) is 8.93. The van der Waals surface area contributed by atoms with E-state index in [1.807, 2.05) is 0 Å². The molecule has 2 fully saturated rings. The Morgan fingerprint density at radius 1 is 1.31 bits per heavy atom. The zero-order valence-corrected chi connectivity index (χ0v) is 8.22. The lowest BCUT2D eigenvalue weighted by atomic mass is 10.1. The Balaban J connectivity index is 1.52. The fourth-order valence-corrected chi connectivity index (χ4v) is 2.14. The summed E-state index contributed by atoms with van der Waals surface area (Å²) in [5.41, 5.74) is 0. The third-order valence-electron chi connectivity index (χ3n) is 2.99. The van der Waals surface area contributed by atoms with E-state index in [-0.39, 0.29) is 0 Å². The van der Waals surface area contributed by atoms with Gasteiger partial charge >= 0.3 is 0 Å². The van der Waals surface area contributed by atoms with Crippen molar-refractivity contribution in [3.8, 4) is 0 Å². The van der Waals surface area contributed by atoms with Gasteiger partial charge in [-0.05, 0) is 44.8 Å². The van der Waals surface area contributed by atoms with Crippen LogP contribution in [0.4, 0.5) is 0 Å². The first-order chi connectivity index (χ1) is 6.45. The second kappa shape index (κ2) is 4.94. The van der Waals surface area contributed by atoms with Crippen LogP contribution in [0.2, 0.25) is 0 Å². The van der Waals surface area contributed by atoms with Gasteiger partial charge in [-0.1, -0.05) is 0 Å². The first-order valence-electron chi connectivity index (χ1n) is 5.48. The van der Waals surface area contributed by atoms with Gasteiger partial charge in [0, 0.05) is 13.2 Å². The van der Waals surface area contributed by atoms with Crippen LogP contribution >= 0.6 is 0 Å². The first-order valence-corrected chi connectivity index (χ1v) is 5.48. The van der Waals surface area contributed by atoms with E-state index in [9.17, 15) is 0 Å². The Bertz CT molecular complexity index is 124. The van der Waals surface area contributed by atoms with Crippen molar-refractivity contribution in [2.45, 2.75) is 25.4 Å². The highest BCUT2D eigenvalue weighted by atomic mass is 16.5. The molecule has 0 saturated carbocycles. The lowest BCUT2D eigenvalue weighted by Gasteiger charge is -2.13. The molecule has 0 amide bonds. The molecule has 13 heavy (non-hydrogen) atoms. The molecule has 0 aromatic heterocycles. The number of rotatable bonds is 4. The molecule has 0 aromatic rings. The van der Waals surface area contributed by atoms with E-state index in [0.717, 1.165) is 25.6 Å². The number of nitrogens with one attached hydrogen (secondary N) is 2. The molecular formula is C10H20N2O. The summed E-state index contributed by atoms with van der Waals surface area (Å²) in [5.74, 6) is 0.849. The third-order valence-corrected chi connectivity index (χ3v) is 2.99. The van der Waals surface area contributed by atoms with Crippen molar-refractivity contribution in [1.82, 2.24) is 10.6 Å². The number of hydrogen-bond acceptors (Lipinski definition) is 3. The SMILES string of the molecule is C1COC(CNCC2CCNC2)C1. The fraction of sp³-hybridized carbons (Fsp3) is 1.00. The summed E-state index contributed by atoms with van der Waals surface area (Å²) in [4.78, 5) is 0. The molecule has 0 bridgehead atoms. The quantitative estimate of drug-likeness (QED) is 0.662. The molecule has 2 heterocycles. The maximum atomic E-state index is 5.54. The van der Waals surface area contributed by atoms with Gasteiger partial charge in [0.15, 0.2) is 0 Å². The fourth-order valence-electron chi connectivity index (χ4n) is 2.14. The average molecular weight is 184 g/mol. The lowest BCUT2D eigenvalue weighted by Crippen LogP contribution is -2.31. The second-order valence-electron chi connectivity index (χ2n) is 4.15. The molecule has 3 nitrogen and oxygen atoms in total. The number of hydrogen-bond donors (Lipinski definition) is 2. The topological polar surface area (TPSA) is 33.3 Å². The van der Waals surface area contributed by atoms with Gasteiger partial charge in [-0.2, -0.15) is 0 Å². The van der Waals surface area contributed by atoms with Crippen LogP contribution in [-0.2, 0) is 4.74 Å². The predicted molar refractivity (Wildman–Crippen MR) is 52.8 cm³/mol. The van der Waals surface area contributed by atoms with Gasteiger partial charge in [0.2, 0.25) is 0 Å². The summed E-state index contributed by atoms with van der Waals surface area (Å²) in [6.45, 7) is 5.57. The van der Waals surface area contributed by atoms with E-state index in [1.165, 1.54) is 32.4 Å². The van der Waals surface area contributed by atoms with Crippen molar-refractivity contribution in [1.29, 1.82) is 0 Å². The summed E-state index contributed by atoms with van der Waals surface area (Å²) in [5, 5.41) is 6.88. The summed E-state index contributed by atoms with van der Waals surface area (Å²) in [6, 6.07) is 0. The van der Waals surface area contributed by atoms with Crippen molar-refractivity contribution < 1.29 is 4.74 Å². The molecule has 2 atom stereocenters. The summed E-state index contributed by atoms with van der Waals surface area (Å²) in [7, 11) is 0. The van der Waals surface area contributed by atoms with Gasteiger partial charge in [0.25, 0.3) is 0 Å². The maximum Gasteiger partial charge on any atom is 0.0700 e. The molecule has 2 aliphatic rings. The molecule has 2 rings (SSSR count). The highest BCUT2D eigenvalue weighted by Gasteiger charge is 2.17. The van der Waals surface area contributed by atoms with E-state index in [4.69, 9.17) is 4.74 Å². The van der Waals surface area contributed by atoms with E-state index < -0.39 is 0 Å². The molecule has 76 valence electrons. The highest BCUT2D eigenvalue weighted by molar-refractivity contribution is 4.74. The highest BCUT2D eigenvalue weighted by Crippen LogP contribution is 2.11. The lowest BCUT2D eigenvalue weighted by molar-refractivity contribution is 0.109. The van der Waals surface area contributed by atoms with Crippen LogP contribution in [0.3, 0.4) is 0 Å². The summed E-state index contributed by atoms with van der Waals surface area (Å²) in [6.07, 6.45) is 4.32. The molecule has 3 heteroatoms. The minimum Gasteiger partial charge on any atom is -0.377 e. The van der Waals surface area contributed by atoms with Crippen LogP contribution in [0.15, 0.2) is 0 Å². The average Bonchev–Trinajstić information content (AvgIpc) is 2.75. The normalized spacial score (nSPS) is 34.2. The van der Waals surface area contributed by atoms with Gasteiger partial charge in [0.05, 0.1) is 6.10 Å². The monoisotopic (exact) mass is 184 g/mol. The van der Waals surface area contributed by atoms with Crippen LogP contribution in [0, 0.1) is 5.92 Å². The van der Waals surface area contributed by atoms with Crippen molar-refractivity contribution in [3.63, 3.8) is 0 Å². The van der Waals surface area contributed by atoms with Crippen molar-refractivity contribution >= 4 is 0 Å². The van der Waals surface area contributed by atoms with Crippen LogP contribution in [-0.4, -0.2) is 38.9 Å². The standard InChI is InChI=1S/C10H20N2O/c1-2-10(13-5-1)8-12-7-9-3-4-11-6-9/h9-12H,1-8H2. The molecule has 0 aromatic carbocycles. The molecule has 0 radical (unpaired) electrons. The van der Waals surface area contributed by atoms with Gasteiger partial charge < -0.3 is 15.4 Å². The summed E-state index contributed by atoms with van der Waals surface area (Å²) < 4.78 is 5.54. The van der Waals surface area contributed by atoms with E-state index in [0.29, 0.717) is 6.10 Å². The number of ether oxygens (including phenoxy) is 1. The molecule has 0 spiro atoms. The minimum atomic E-state index is 0.495. The van der Waals surface area contributed by atoms with Crippen molar-refractivity contribution in [2.75, 3.05) is 32.8 Å². The van der Waals surface area contributed by atoms with E-state index >= 15 is 0 Å². The maximum absolute atomic E-state index is 5.54. The minimum absolute atomic E-state index is 0.495. The van der Waals surface area contributed by atoms with E-state index in [1.54, 1.807) is 0 Å². The molecule has 2 aliphatic heterocycles. The van der Waals surface area contributed by atoms with Gasteiger partial charge in [-0.3, -0.25) is 0 Å². The van der Waals surface area contributed by atoms with Crippen LogP contribution in [0.5, 0.6) is 0 Å². The second-order valence-corrected chi connectivity index (χ2v) is 4.15. The zero-order valence-electron chi connectivity index (χ0n) is 8.22. The van der Waals surface area contributed by atoms with Gasteiger partial charge in [0.1, 0.15) is 0 Å². The first kappa shape index (κ1) is 9.44. The largest absolute Gasteiger partial charge is 0.377 e. The summed E-state index contributed by atoms with van der Waals surface area (Å²) >= 11 is 0. The van der Waals surface area contributed by atoms with Crippen molar-refractivity contribution in [2.24, 2.45) is 5.92 Å².